The lowest BCUT2D eigenvalue weighted by molar-refractivity contribution is 0.282. The third-order valence-corrected chi connectivity index (χ3v) is 5.32. The molecule has 2 N–H and O–H groups in total. The lowest BCUT2D eigenvalue weighted by atomic mass is 10.1. The highest BCUT2D eigenvalue weighted by Crippen LogP contribution is 2.25. The van der Waals surface area contributed by atoms with Gasteiger partial charge in [0.15, 0.2) is 0 Å². The molecule has 0 saturated heterocycles. The summed E-state index contributed by atoms with van der Waals surface area (Å²) in [5, 5.41) is 9.28. The van der Waals surface area contributed by atoms with Gasteiger partial charge in [-0.2, -0.15) is 0 Å². The number of benzene rings is 1. The Morgan fingerprint density at radius 1 is 1.32 bits per heavy atom. The number of halogens is 1. The van der Waals surface area contributed by atoms with E-state index in [1.807, 2.05) is 0 Å². The highest BCUT2D eigenvalue weighted by molar-refractivity contribution is 7.89. The van der Waals surface area contributed by atoms with Crippen molar-refractivity contribution in [2.75, 3.05) is 6.54 Å². The Bertz CT molecular complexity index is 539. The molecule has 1 aliphatic rings. The number of hydrogen-bond acceptors (Lipinski definition) is 3. The molecule has 19 heavy (non-hydrogen) atoms. The Labute approximate surface area is 118 Å². The summed E-state index contributed by atoms with van der Waals surface area (Å²) in [5.41, 5.74) is 0.524. The van der Waals surface area contributed by atoms with Crippen LogP contribution in [0.25, 0.3) is 0 Å². The number of aliphatic hydroxyl groups is 1. The van der Waals surface area contributed by atoms with Crippen LogP contribution in [0, 0.1) is 5.92 Å². The highest BCUT2D eigenvalue weighted by Gasteiger charge is 2.20. The van der Waals surface area contributed by atoms with E-state index in [0.717, 1.165) is 12.8 Å². The lowest BCUT2D eigenvalue weighted by Crippen LogP contribution is -2.28. The van der Waals surface area contributed by atoms with Crippen LogP contribution in [0.3, 0.4) is 0 Å². The average molecular weight is 304 g/mol. The monoisotopic (exact) mass is 303 g/mol. The predicted octanol–water partition coefficient (Wildman–Crippen LogP) is 2.30. The van der Waals surface area contributed by atoms with E-state index >= 15 is 0 Å². The van der Waals surface area contributed by atoms with Gasteiger partial charge in [0.05, 0.1) is 11.5 Å². The van der Waals surface area contributed by atoms with Gasteiger partial charge >= 0.3 is 0 Å². The number of aliphatic hydroxyl groups excluding tert-OH is 1. The molecular weight excluding hydrogens is 286 g/mol. The zero-order valence-corrected chi connectivity index (χ0v) is 12.2. The fourth-order valence-corrected chi connectivity index (χ4v) is 3.80. The standard InChI is InChI=1S/C13H18ClNO3S/c14-13-7-12(6-5-11(13)9-16)19(17,18)15-8-10-3-1-2-4-10/h5-7,10,15-16H,1-4,8-9H2. The molecule has 1 aromatic carbocycles. The van der Waals surface area contributed by atoms with Gasteiger partial charge in [-0.3, -0.25) is 0 Å². The smallest absolute Gasteiger partial charge is 0.240 e. The summed E-state index contributed by atoms with van der Waals surface area (Å²) in [4.78, 5) is 0.146. The van der Waals surface area contributed by atoms with Gasteiger partial charge in [0.2, 0.25) is 10.0 Å². The maximum Gasteiger partial charge on any atom is 0.240 e. The molecule has 1 aliphatic carbocycles. The predicted molar refractivity (Wildman–Crippen MR) is 74.5 cm³/mol. The largest absolute Gasteiger partial charge is 0.392 e. The van der Waals surface area contributed by atoms with E-state index in [2.05, 4.69) is 4.72 Å². The summed E-state index contributed by atoms with van der Waals surface area (Å²) >= 11 is 5.91. The zero-order valence-electron chi connectivity index (χ0n) is 10.6. The fourth-order valence-electron chi connectivity index (χ4n) is 2.35. The highest BCUT2D eigenvalue weighted by atomic mass is 35.5. The van der Waals surface area contributed by atoms with Crippen LogP contribution in [-0.4, -0.2) is 20.1 Å². The van der Waals surface area contributed by atoms with E-state index in [4.69, 9.17) is 16.7 Å². The number of hydrogen-bond donors (Lipinski definition) is 2. The maximum atomic E-state index is 12.1. The zero-order chi connectivity index (χ0) is 13.9. The molecule has 0 spiro atoms. The van der Waals surface area contributed by atoms with Gasteiger partial charge in [0.1, 0.15) is 0 Å². The first-order valence-electron chi connectivity index (χ1n) is 6.42. The first kappa shape index (κ1) is 14.8. The van der Waals surface area contributed by atoms with Gasteiger partial charge in [-0.25, -0.2) is 13.1 Å². The second-order valence-corrected chi connectivity index (χ2v) is 7.09. The SMILES string of the molecule is O=S(=O)(NCC1CCCC1)c1ccc(CO)c(Cl)c1. The molecule has 1 saturated carbocycles. The van der Waals surface area contributed by atoms with Crippen molar-refractivity contribution < 1.29 is 13.5 Å². The maximum absolute atomic E-state index is 12.1. The molecule has 0 bridgehead atoms. The van der Waals surface area contributed by atoms with Crippen LogP contribution < -0.4 is 4.72 Å². The van der Waals surface area contributed by atoms with Crippen molar-refractivity contribution in [1.82, 2.24) is 4.72 Å². The van der Waals surface area contributed by atoms with Crippen LogP contribution in [0.2, 0.25) is 5.02 Å². The van der Waals surface area contributed by atoms with Crippen LogP contribution in [0.1, 0.15) is 31.2 Å². The minimum atomic E-state index is -3.51. The molecule has 2 rings (SSSR count). The number of sulfonamides is 1. The molecule has 0 amide bonds. The number of nitrogens with one attached hydrogen (secondary N) is 1. The van der Waals surface area contributed by atoms with Crippen molar-refractivity contribution in [2.24, 2.45) is 5.92 Å². The van der Waals surface area contributed by atoms with E-state index in [1.54, 1.807) is 0 Å². The second-order valence-electron chi connectivity index (χ2n) is 4.91. The van der Waals surface area contributed by atoms with Crippen molar-refractivity contribution >= 4 is 21.6 Å². The summed E-state index contributed by atoms with van der Waals surface area (Å²) in [5.74, 6) is 0.446. The lowest BCUT2D eigenvalue weighted by Gasteiger charge is -2.12. The van der Waals surface area contributed by atoms with Crippen LogP contribution >= 0.6 is 11.6 Å². The molecular formula is C13H18ClNO3S. The molecule has 0 atom stereocenters. The van der Waals surface area contributed by atoms with Crippen LogP contribution in [0.4, 0.5) is 0 Å². The Morgan fingerprint density at radius 3 is 2.58 bits per heavy atom. The molecule has 0 aromatic heterocycles. The van der Waals surface area contributed by atoms with Gasteiger partial charge in [-0.05, 0) is 36.5 Å². The van der Waals surface area contributed by atoms with Crippen molar-refractivity contribution in [1.29, 1.82) is 0 Å². The second kappa shape index (κ2) is 6.22. The molecule has 6 heteroatoms. The summed E-state index contributed by atoms with van der Waals surface area (Å²) in [6.45, 7) is 0.288. The summed E-state index contributed by atoms with van der Waals surface area (Å²) in [7, 11) is -3.51. The molecule has 1 aromatic rings. The number of rotatable bonds is 5. The topological polar surface area (TPSA) is 66.4 Å². The van der Waals surface area contributed by atoms with Crippen LogP contribution in [-0.2, 0) is 16.6 Å². The Hall–Kier alpha value is -0.620. The third-order valence-electron chi connectivity index (χ3n) is 3.54. The molecule has 0 aliphatic heterocycles. The first-order valence-corrected chi connectivity index (χ1v) is 8.28. The molecule has 1 fully saturated rings. The van der Waals surface area contributed by atoms with E-state index in [0.29, 0.717) is 18.0 Å². The summed E-state index contributed by atoms with van der Waals surface area (Å²) in [6, 6.07) is 4.38. The molecule has 4 nitrogen and oxygen atoms in total. The summed E-state index contributed by atoms with van der Waals surface area (Å²) in [6.07, 6.45) is 4.55. The van der Waals surface area contributed by atoms with E-state index in [1.165, 1.54) is 31.0 Å². The van der Waals surface area contributed by atoms with Crippen molar-refractivity contribution in [3.63, 3.8) is 0 Å². The average Bonchev–Trinajstić information content (AvgIpc) is 2.89. The molecule has 0 radical (unpaired) electrons. The normalized spacial score (nSPS) is 16.9. The fraction of sp³-hybridized carbons (Fsp3) is 0.538. The minimum Gasteiger partial charge on any atom is -0.392 e. The summed E-state index contributed by atoms with van der Waals surface area (Å²) < 4.78 is 26.8. The molecule has 0 heterocycles. The Balaban J connectivity index is 2.08. The van der Waals surface area contributed by atoms with Crippen molar-refractivity contribution in [2.45, 2.75) is 37.2 Å². The van der Waals surface area contributed by atoms with Crippen molar-refractivity contribution in [3.05, 3.63) is 28.8 Å². The van der Waals surface area contributed by atoms with Gasteiger partial charge in [0.25, 0.3) is 0 Å². The van der Waals surface area contributed by atoms with Gasteiger partial charge in [-0.15, -0.1) is 0 Å². The Morgan fingerprint density at radius 2 is 2.00 bits per heavy atom. The third kappa shape index (κ3) is 3.69. The quantitative estimate of drug-likeness (QED) is 0.877. The van der Waals surface area contributed by atoms with Crippen LogP contribution in [0.15, 0.2) is 23.1 Å². The minimum absolute atomic E-state index is 0.146. The van der Waals surface area contributed by atoms with E-state index < -0.39 is 10.0 Å². The van der Waals surface area contributed by atoms with Crippen LogP contribution in [0.5, 0.6) is 0 Å². The Kier molecular flexibility index (Phi) is 4.84. The van der Waals surface area contributed by atoms with E-state index in [9.17, 15) is 8.42 Å². The van der Waals surface area contributed by atoms with Gasteiger partial charge in [0, 0.05) is 11.6 Å². The molecule has 106 valence electrons. The van der Waals surface area contributed by atoms with Crippen molar-refractivity contribution in [3.8, 4) is 0 Å². The first-order chi connectivity index (χ1) is 9.03. The van der Waals surface area contributed by atoms with Gasteiger partial charge in [-0.1, -0.05) is 30.5 Å². The molecule has 0 unspecified atom stereocenters. The van der Waals surface area contributed by atoms with E-state index in [-0.39, 0.29) is 16.5 Å². The van der Waals surface area contributed by atoms with Gasteiger partial charge < -0.3 is 5.11 Å².